The summed E-state index contributed by atoms with van der Waals surface area (Å²) in [5.74, 6) is 2.07. The van der Waals surface area contributed by atoms with E-state index in [4.69, 9.17) is 0 Å². The Labute approximate surface area is 130 Å². The lowest BCUT2D eigenvalue weighted by Gasteiger charge is -2.60. The fraction of sp³-hybridized carbons (Fsp3) is 0.938. The maximum Gasteiger partial charge on any atom is 0.226 e. The molecule has 0 heterocycles. The highest BCUT2D eigenvalue weighted by atomic mass is 127. The molecule has 3 heteroatoms. The first-order valence-corrected chi connectivity index (χ1v) is 9.42. The van der Waals surface area contributed by atoms with Crippen LogP contribution in [0.15, 0.2) is 0 Å². The van der Waals surface area contributed by atoms with E-state index >= 15 is 0 Å². The maximum absolute atomic E-state index is 12.7. The van der Waals surface area contributed by atoms with Gasteiger partial charge in [0.2, 0.25) is 5.91 Å². The Morgan fingerprint density at radius 1 is 1.21 bits per heavy atom. The predicted octanol–water partition coefficient (Wildman–Crippen LogP) is 3.92. The molecule has 0 spiro atoms. The summed E-state index contributed by atoms with van der Waals surface area (Å²) in [6, 6.07) is 0. The van der Waals surface area contributed by atoms with Crippen LogP contribution in [0.4, 0.5) is 0 Å². The minimum absolute atomic E-state index is 0.0170. The van der Waals surface area contributed by atoms with Gasteiger partial charge in [-0.25, -0.2) is 0 Å². The van der Waals surface area contributed by atoms with E-state index in [0.29, 0.717) is 11.3 Å². The predicted molar refractivity (Wildman–Crippen MR) is 86.4 cm³/mol. The van der Waals surface area contributed by atoms with Gasteiger partial charge in [-0.15, -0.1) is 0 Å². The van der Waals surface area contributed by atoms with Gasteiger partial charge in [0.1, 0.15) is 0 Å². The minimum atomic E-state index is 0.0170. The molecule has 4 aliphatic rings. The van der Waals surface area contributed by atoms with E-state index in [1.54, 1.807) is 0 Å². The molecular weight excluding hydrogens is 349 g/mol. The number of hydrogen-bond donors (Lipinski definition) is 1. The summed E-state index contributed by atoms with van der Waals surface area (Å²) < 4.78 is 1.20. The molecule has 108 valence electrons. The number of rotatable bonds is 5. The average molecular weight is 375 g/mol. The number of halogens is 1. The lowest BCUT2D eigenvalue weighted by atomic mass is 9.44. The number of unbranched alkanes of at least 4 members (excludes halogenated alkanes) is 1. The van der Waals surface area contributed by atoms with Crippen LogP contribution in [0.1, 0.15) is 58.3 Å². The molecule has 0 aromatic heterocycles. The highest BCUT2D eigenvalue weighted by Gasteiger charge is 2.58. The molecular formula is C16H26INO. The van der Waals surface area contributed by atoms with Gasteiger partial charge in [-0.05, 0) is 73.0 Å². The van der Waals surface area contributed by atoms with Gasteiger partial charge in [-0.3, -0.25) is 4.79 Å². The van der Waals surface area contributed by atoms with Gasteiger partial charge in [0.15, 0.2) is 0 Å². The van der Waals surface area contributed by atoms with Crippen LogP contribution in [-0.2, 0) is 4.79 Å². The fourth-order valence-electron chi connectivity index (χ4n) is 5.59. The third-order valence-electron chi connectivity index (χ3n) is 5.68. The van der Waals surface area contributed by atoms with Crippen LogP contribution in [0, 0.1) is 22.7 Å². The molecule has 0 aliphatic heterocycles. The first kappa shape index (κ1) is 14.2. The Hall–Kier alpha value is 0.200. The Kier molecular flexibility index (Phi) is 3.87. The first-order valence-electron chi connectivity index (χ1n) is 7.90. The van der Waals surface area contributed by atoms with Gasteiger partial charge in [-0.2, -0.15) is 0 Å². The number of alkyl halides is 1. The van der Waals surface area contributed by atoms with Crippen LogP contribution in [-0.4, -0.2) is 16.9 Å². The number of carbonyl (C=O) groups excluding carboxylic acids is 1. The Bertz CT molecular complexity index is 354. The molecule has 4 bridgehead atoms. The van der Waals surface area contributed by atoms with Crippen molar-refractivity contribution in [3.8, 4) is 0 Å². The highest BCUT2D eigenvalue weighted by Crippen LogP contribution is 2.65. The maximum atomic E-state index is 12.7. The molecule has 2 nitrogen and oxygen atoms in total. The van der Waals surface area contributed by atoms with E-state index in [-0.39, 0.29) is 5.41 Å². The summed E-state index contributed by atoms with van der Waals surface area (Å²) in [7, 11) is 0. The molecule has 0 aromatic carbocycles. The summed E-state index contributed by atoms with van der Waals surface area (Å²) >= 11 is 2.41. The highest BCUT2D eigenvalue weighted by molar-refractivity contribution is 14.1. The molecule has 19 heavy (non-hydrogen) atoms. The zero-order chi connectivity index (χ0) is 13.5. The summed E-state index contributed by atoms with van der Waals surface area (Å²) in [5.41, 5.74) is 0.493. The second-order valence-corrected chi connectivity index (χ2v) is 8.78. The van der Waals surface area contributed by atoms with Crippen molar-refractivity contribution in [3.63, 3.8) is 0 Å². The number of hydrogen-bond acceptors (Lipinski definition) is 1. The minimum Gasteiger partial charge on any atom is -0.356 e. The third-order valence-corrected chi connectivity index (χ3v) is 6.44. The number of carbonyl (C=O) groups is 1. The molecule has 0 radical (unpaired) electrons. The van der Waals surface area contributed by atoms with Crippen LogP contribution in [0.25, 0.3) is 0 Å². The average Bonchev–Trinajstić information content (AvgIpc) is 2.31. The summed E-state index contributed by atoms with van der Waals surface area (Å²) in [6.45, 7) is 3.32. The van der Waals surface area contributed by atoms with Crippen LogP contribution in [0.5, 0.6) is 0 Å². The van der Waals surface area contributed by atoms with E-state index in [1.807, 2.05) is 0 Å². The number of nitrogens with one attached hydrogen (secondary N) is 1. The van der Waals surface area contributed by atoms with Crippen LogP contribution in [0.2, 0.25) is 0 Å². The lowest BCUT2D eigenvalue weighted by molar-refractivity contribution is -0.155. The molecule has 4 saturated carbocycles. The summed E-state index contributed by atoms with van der Waals surface area (Å²) in [5, 5.41) is 3.25. The van der Waals surface area contributed by atoms with Crippen LogP contribution < -0.4 is 5.32 Å². The second kappa shape index (κ2) is 5.19. The Morgan fingerprint density at radius 2 is 1.89 bits per heavy atom. The van der Waals surface area contributed by atoms with E-state index in [9.17, 15) is 4.79 Å². The quantitative estimate of drug-likeness (QED) is 0.441. The summed E-state index contributed by atoms with van der Waals surface area (Å²) in [6.07, 6.45) is 10.0. The van der Waals surface area contributed by atoms with E-state index in [0.717, 1.165) is 31.2 Å². The molecule has 1 amide bonds. The molecule has 4 fully saturated rings. The van der Waals surface area contributed by atoms with Crippen molar-refractivity contribution < 1.29 is 4.79 Å². The zero-order valence-corrected chi connectivity index (χ0v) is 14.2. The molecule has 4 rings (SSSR count). The van der Waals surface area contributed by atoms with Gasteiger partial charge < -0.3 is 5.32 Å². The second-order valence-electron chi connectivity index (χ2n) is 7.70. The van der Waals surface area contributed by atoms with Gasteiger partial charge in [0.05, 0.1) is 5.41 Å². The van der Waals surface area contributed by atoms with Crippen molar-refractivity contribution in [1.29, 1.82) is 0 Å². The lowest BCUT2D eigenvalue weighted by Crippen LogP contribution is -2.56. The molecule has 0 aromatic rings. The Balaban J connectivity index is 1.64. The van der Waals surface area contributed by atoms with Crippen molar-refractivity contribution in [1.82, 2.24) is 5.32 Å². The van der Waals surface area contributed by atoms with Crippen molar-refractivity contribution in [2.24, 2.45) is 22.7 Å². The van der Waals surface area contributed by atoms with Crippen molar-refractivity contribution in [2.75, 3.05) is 11.0 Å². The topological polar surface area (TPSA) is 29.1 Å². The number of amides is 1. The zero-order valence-electron chi connectivity index (χ0n) is 12.0. The van der Waals surface area contributed by atoms with Crippen molar-refractivity contribution in [3.05, 3.63) is 0 Å². The van der Waals surface area contributed by atoms with E-state index in [1.165, 1.54) is 43.0 Å². The monoisotopic (exact) mass is 375 g/mol. The normalized spacial score (nSPS) is 43.5. The van der Waals surface area contributed by atoms with Gasteiger partial charge >= 0.3 is 0 Å². The smallest absolute Gasteiger partial charge is 0.226 e. The van der Waals surface area contributed by atoms with Gasteiger partial charge in [0.25, 0.3) is 0 Å². The molecule has 2 unspecified atom stereocenters. The summed E-state index contributed by atoms with van der Waals surface area (Å²) in [4.78, 5) is 12.7. The third kappa shape index (κ3) is 2.68. The fourth-order valence-corrected chi connectivity index (χ4v) is 6.13. The van der Waals surface area contributed by atoms with Crippen LogP contribution >= 0.6 is 22.6 Å². The van der Waals surface area contributed by atoms with Crippen molar-refractivity contribution in [2.45, 2.75) is 58.3 Å². The van der Waals surface area contributed by atoms with E-state index < -0.39 is 0 Å². The van der Waals surface area contributed by atoms with E-state index in [2.05, 4.69) is 34.8 Å². The van der Waals surface area contributed by atoms with Crippen molar-refractivity contribution >= 4 is 28.5 Å². The van der Waals surface area contributed by atoms with Crippen LogP contribution in [0.3, 0.4) is 0 Å². The largest absolute Gasteiger partial charge is 0.356 e. The van der Waals surface area contributed by atoms with Gasteiger partial charge in [0, 0.05) is 6.54 Å². The standard InChI is InChI=1S/C16H26INO/c1-15-7-12-6-13(8-15)10-16(9-12,11-15)14(19)18-5-3-2-4-17/h12-13H,2-11H2,1H3,(H,18,19). The molecule has 0 saturated heterocycles. The first-order chi connectivity index (χ1) is 9.05. The van der Waals surface area contributed by atoms with Gasteiger partial charge in [-0.1, -0.05) is 29.5 Å². The molecule has 4 aliphatic carbocycles. The SMILES string of the molecule is CC12CC3CC(C1)CC(C(=O)NCCCCI)(C3)C2. The molecule has 1 N–H and O–H groups in total. The molecule has 2 atom stereocenters. The Morgan fingerprint density at radius 3 is 2.47 bits per heavy atom.